The summed E-state index contributed by atoms with van der Waals surface area (Å²) in [4.78, 5) is 0. The summed E-state index contributed by atoms with van der Waals surface area (Å²) in [5.74, 6) is 0. The van der Waals surface area contributed by atoms with Crippen molar-refractivity contribution in [2.45, 2.75) is 26.9 Å². The highest BCUT2D eigenvalue weighted by Gasteiger charge is 2.09. The molecular formula is C22H22N2. The van der Waals surface area contributed by atoms with E-state index in [1.807, 2.05) is 0 Å². The molecule has 4 rings (SSSR count). The Hall–Kier alpha value is -2.74. The maximum absolute atomic E-state index is 3.56. The molecular weight excluding hydrogens is 292 g/mol. The SMILES string of the molecule is CCn1c2ccccc2c2cc(CNc3ccccc3C)ccc21. The second-order valence-electron chi connectivity index (χ2n) is 6.28. The molecule has 3 aromatic carbocycles. The number of fused-ring (bicyclic) bond motifs is 3. The summed E-state index contributed by atoms with van der Waals surface area (Å²) in [7, 11) is 0. The van der Waals surface area contributed by atoms with Gasteiger partial charge in [0.2, 0.25) is 0 Å². The fourth-order valence-electron chi connectivity index (χ4n) is 3.52. The van der Waals surface area contributed by atoms with E-state index < -0.39 is 0 Å². The van der Waals surface area contributed by atoms with Gasteiger partial charge in [0.25, 0.3) is 0 Å². The first kappa shape index (κ1) is 14.8. The first-order chi connectivity index (χ1) is 11.8. The molecule has 0 amide bonds. The van der Waals surface area contributed by atoms with Crippen LogP contribution in [0.2, 0.25) is 0 Å². The maximum Gasteiger partial charge on any atom is 0.0491 e. The number of hydrogen-bond acceptors (Lipinski definition) is 1. The molecule has 2 heteroatoms. The normalized spacial score (nSPS) is 11.2. The minimum Gasteiger partial charge on any atom is -0.381 e. The standard InChI is InChI=1S/C22H22N2/c1-3-24-21-11-7-5-9-18(21)19-14-17(12-13-22(19)24)15-23-20-10-6-4-8-16(20)2/h4-14,23H,3,15H2,1-2H3. The van der Waals surface area contributed by atoms with Gasteiger partial charge in [-0.1, -0.05) is 42.5 Å². The van der Waals surface area contributed by atoms with Crippen molar-refractivity contribution in [1.29, 1.82) is 0 Å². The molecule has 0 aliphatic heterocycles. The summed E-state index contributed by atoms with van der Waals surface area (Å²) >= 11 is 0. The van der Waals surface area contributed by atoms with Crippen LogP contribution in [0.15, 0.2) is 66.7 Å². The van der Waals surface area contributed by atoms with Crippen LogP contribution in [-0.2, 0) is 13.1 Å². The molecule has 120 valence electrons. The lowest BCUT2D eigenvalue weighted by Crippen LogP contribution is -2.01. The van der Waals surface area contributed by atoms with E-state index in [2.05, 4.69) is 90.5 Å². The van der Waals surface area contributed by atoms with Crippen molar-refractivity contribution in [2.24, 2.45) is 0 Å². The fraction of sp³-hybridized carbons (Fsp3) is 0.182. The van der Waals surface area contributed by atoms with Gasteiger partial charge in [-0.05, 0) is 49.2 Å². The zero-order chi connectivity index (χ0) is 16.5. The highest BCUT2D eigenvalue weighted by Crippen LogP contribution is 2.30. The van der Waals surface area contributed by atoms with Crippen molar-refractivity contribution in [3.63, 3.8) is 0 Å². The number of nitrogens with one attached hydrogen (secondary N) is 1. The smallest absolute Gasteiger partial charge is 0.0491 e. The third-order valence-electron chi connectivity index (χ3n) is 4.78. The summed E-state index contributed by atoms with van der Waals surface area (Å²) in [6.07, 6.45) is 0. The summed E-state index contributed by atoms with van der Waals surface area (Å²) < 4.78 is 2.39. The van der Waals surface area contributed by atoms with Crippen LogP contribution >= 0.6 is 0 Å². The molecule has 1 aromatic heterocycles. The first-order valence-electron chi connectivity index (χ1n) is 8.57. The zero-order valence-electron chi connectivity index (χ0n) is 14.2. The van der Waals surface area contributed by atoms with Gasteiger partial charge in [0.05, 0.1) is 0 Å². The van der Waals surface area contributed by atoms with Gasteiger partial charge in [-0.15, -0.1) is 0 Å². The van der Waals surface area contributed by atoms with Gasteiger partial charge in [0.15, 0.2) is 0 Å². The van der Waals surface area contributed by atoms with Crippen LogP contribution in [0.1, 0.15) is 18.1 Å². The van der Waals surface area contributed by atoms with Crippen LogP contribution in [0.3, 0.4) is 0 Å². The number of para-hydroxylation sites is 2. The van der Waals surface area contributed by atoms with E-state index in [1.54, 1.807) is 0 Å². The molecule has 4 aromatic rings. The number of nitrogens with zero attached hydrogens (tertiary/aromatic N) is 1. The van der Waals surface area contributed by atoms with Crippen LogP contribution in [0.25, 0.3) is 21.8 Å². The summed E-state index contributed by atoms with van der Waals surface area (Å²) in [6.45, 7) is 6.18. The van der Waals surface area contributed by atoms with E-state index >= 15 is 0 Å². The molecule has 24 heavy (non-hydrogen) atoms. The van der Waals surface area contributed by atoms with Gasteiger partial charge in [-0.2, -0.15) is 0 Å². The molecule has 0 aliphatic rings. The molecule has 0 spiro atoms. The van der Waals surface area contributed by atoms with Crippen molar-refractivity contribution in [3.05, 3.63) is 77.9 Å². The van der Waals surface area contributed by atoms with Gasteiger partial charge in [-0.25, -0.2) is 0 Å². The van der Waals surface area contributed by atoms with Crippen LogP contribution in [0.5, 0.6) is 0 Å². The molecule has 0 radical (unpaired) electrons. The Labute approximate surface area is 142 Å². The van der Waals surface area contributed by atoms with Crippen LogP contribution < -0.4 is 5.32 Å². The summed E-state index contributed by atoms with van der Waals surface area (Å²) in [5, 5.41) is 6.24. The van der Waals surface area contributed by atoms with Gasteiger partial charge in [0, 0.05) is 40.6 Å². The quantitative estimate of drug-likeness (QED) is 0.508. The van der Waals surface area contributed by atoms with Gasteiger partial charge < -0.3 is 9.88 Å². The molecule has 0 bridgehead atoms. The summed E-state index contributed by atoms with van der Waals surface area (Å²) in [6, 6.07) is 23.9. The number of anilines is 1. The number of aryl methyl sites for hydroxylation is 2. The Morgan fingerprint density at radius 3 is 2.42 bits per heavy atom. The zero-order valence-corrected chi connectivity index (χ0v) is 14.2. The largest absolute Gasteiger partial charge is 0.381 e. The Balaban J connectivity index is 1.73. The molecule has 1 heterocycles. The van der Waals surface area contributed by atoms with Crippen LogP contribution in [0, 0.1) is 6.92 Å². The number of rotatable bonds is 4. The van der Waals surface area contributed by atoms with Crippen LogP contribution in [0.4, 0.5) is 5.69 Å². The van der Waals surface area contributed by atoms with E-state index in [1.165, 1.54) is 38.6 Å². The topological polar surface area (TPSA) is 17.0 Å². The fourth-order valence-corrected chi connectivity index (χ4v) is 3.52. The van der Waals surface area contributed by atoms with Gasteiger partial charge >= 0.3 is 0 Å². The van der Waals surface area contributed by atoms with E-state index in [9.17, 15) is 0 Å². The average Bonchev–Trinajstić information content (AvgIpc) is 2.94. The molecule has 0 atom stereocenters. The van der Waals surface area contributed by atoms with Crippen molar-refractivity contribution in [2.75, 3.05) is 5.32 Å². The predicted octanol–water partition coefficient (Wildman–Crippen LogP) is 5.73. The Morgan fingerprint density at radius 1 is 0.833 bits per heavy atom. The van der Waals surface area contributed by atoms with Gasteiger partial charge in [-0.3, -0.25) is 0 Å². The minimum absolute atomic E-state index is 0.840. The minimum atomic E-state index is 0.840. The summed E-state index contributed by atoms with van der Waals surface area (Å²) in [5.41, 5.74) is 6.43. The van der Waals surface area contributed by atoms with E-state index in [4.69, 9.17) is 0 Å². The average molecular weight is 314 g/mol. The molecule has 0 saturated carbocycles. The lowest BCUT2D eigenvalue weighted by Gasteiger charge is -2.10. The highest BCUT2D eigenvalue weighted by molar-refractivity contribution is 6.08. The predicted molar refractivity (Wildman–Crippen MR) is 104 cm³/mol. The van der Waals surface area contributed by atoms with Crippen molar-refractivity contribution >= 4 is 27.5 Å². The molecule has 0 unspecified atom stereocenters. The molecule has 0 fully saturated rings. The molecule has 0 aliphatic carbocycles. The first-order valence-corrected chi connectivity index (χ1v) is 8.57. The van der Waals surface area contributed by atoms with E-state index in [0.717, 1.165) is 13.1 Å². The van der Waals surface area contributed by atoms with Crippen molar-refractivity contribution in [1.82, 2.24) is 4.57 Å². The lowest BCUT2D eigenvalue weighted by molar-refractivity contribution is 0.827. The lowest BCUT2D eigenvalue weighted by atomic mass is 10.1. The van der Waals surface area contributed by atoms with E-state index in [-0.39, 0.29) is 0 Å². The van der Waals surface area contributed by atoms with Gasteiger partial charge in [0.1, 0.15) is 0 Å². The highest BCUT2D eigenvalue weighted by atomic mass is 15.0. The van der Waals surface area contributed by atoms with Crippen LogP contribution in [-0.4, -0.2) is 4.57 Å². The Kier molecular flexibility index (Phi) is 3.73. The van der Waals surface area contributed by atoms with Crippen molar-refractivity contribution < 1.29 is 0 Å². The number of aromatic nitrogens is 1. The third-order valence-corrected chi connectivity index (χ3v) is 4.78. The van der Waals surface area contributed by atoms with Crippen molar-refractivity contribution in [3.8, 4) is 0 Å². The molecule has 0 saturated heterocycles. The second kappa shape index (κ2) is 6.04. The monoisotopic (exact) mass is 314 g/mol. The number of benzene rings is 3. The molecule has 1 N–H and O–H groups in total. The third kappa shape index (κ3) is 2.44. The van der Waals surface area contributed by atoms with E-state index in [0.29, 0.717) is 0 Å². The molecule has 2 nitrogen and oxygen atoms in total. The maximum atomic E-state index is 3.56. The Morgan fingerprint density at radius 2 is 1.58 bits per heavy atom. The Bertz CT molecular complexity index is 1010. The number of hydrogen-bond donors (Lipinski definition) is 1. The second-order valence-corrected chi connectivity index (χ2v) is 6.28.